The number of hydrogen-bond donors (Lipinski definition) is 1. The molecule has 0 bridgehead atoms. The summed E-state index contributed by atoms with van der Waals surface area (Å²) in [6.45, 7) is 5.29. The predicted molar refractivity (Wildman–Crippen MR) is 84.0 cm³/mol. The molecule has 0 spiro atoms. The van der Waals surface area contributed by atoms with Gasteiger partial charge < -0.3 is 15.0 Å². The first-order chi connectivity index (χ1) is 11.1. The van der Waals surface area contributed by atoms with Gasteiger partial charge in [0.05, 0.1) is 13.2 Å². The summed E-state index contributed by atoms with van der Waals surface area (Å²) in [6, 6.07) is 3.57. The second-order valence-electron chi connectivity index (χ2n) is 6.05. The van der Waals surface area contributed by atoms with Crippen LogP contribution >= 0.6 is 0 Å². The first kappa shape index (κ1) is 15.9. The maximum Gasteiger partial charge on any atom is 0.274 e. The molecule has 2 aromatic heterocycles. The molecule has 1 atom stereocenters. The average molecular weight is 320 g/mol. The molecule has 1 aliphatic rings. The summed E-state index contributed by atoms with van der Waals surface area (Å²) in [6.07, 6.45) is 1.57. The van der Waals surface area contributed by atoms with Crippen molar-refractivity contribution in [2.75, 3.05) is 39.9 Å². The summed E-state index contributed by atoms with van der Waals surface area (Å²) in [5, 5.41) is 2.78. The average Bonchev–Trinajstić information content (AvgIpc) is 2.73. The van der Waals surface area contributed by atoms with Crippen LogP contribution in [0.5, 0.6) is 0 Å². The van der Waals surface area contributed by atoms with E-state index in [2.05, 4.69) is 15.2 Å². The van der Waals surface area contributed by atoms with Gasteiger partial charge in [0.15, 0.2) is 5.69 Å². The van der Waals surface area contributed by atoms with Crippen LogP contribution in [0.4, 0.5) is 4.39 Å². The van der Waals surface area contributed by atoms with Crippen LogP contribution in [0.2, 0.25) is 0 Å². The molecule has 1 fully saturated rings. The molecule has 1 N–H and O–H groups in total. The minimum atomic E-state index is -0.629. The topological polar surface area (TPSA) is 58.9 Å². The van der Waals surface area contributed by atoms with Crippen LogP contribution in [0.25, 0.3) is 5.65 Å². The summed E-state index contributed by atoms with van der Waals surface area (Å²) in [5.74, 6) is -0.929. The molecule has 3 heterocycles. The zero-order valence-electron chi connectivity index (χ0n) is 13.4. The van der Waals surface area contributed by atoms with Crippen molar-refractivity contribution >= 4 is 11.6 Å². The van der Waals surface area contributed by atoms with Crippen LogP contribution in [0.3, 0.4) is 0 Å². The van der Waals surface area contributed by atoms with Crippen molar-refractivity contribution in [3.05, 3.63) is 35.5 Å². The number of amides is 1. The number of aryl methyl sites for hydroxylation is 1. The Morgan fingerprint density at radius 2 is 2.39 bits per heavy atom. The number of carbonyl (C=O) groups excluding carboxylic acids is 1. The van der Waals surface area contributed by atoms with Crippen LogP contribution in [0.15, 0.2) is 18.3 Å². The van der Waals surface area contributed by atoms with Crippen molar-refractivity contribution in [2.24, 2.45) is 5.92 Å². The van der Waals surface area contributed by atoms with Gasteiger partial charge in [-0.05, 0) is 25.6 Å². The van der Waals surface area contributed by atoms with Gasteiger partial charge in [0.25, 0.3) is 5.91 Å². The smallest absolute Gasteiger partial charge is 0.274 e. The third-order valence-corrected chi connectivity index (χ3v) is 4.09. The van der Waals surface area contributed by atoms with Gasteiger partial charge in [0.1, 0.15) is 5.65 Å². The quantitative estimate of drug-likeness (QED) is 0.920. The van der Waals surface area contributed by atoms with Gasteiger partial charge in [-0.2, -0.15) is 4.39 Å². The Bertz CT molecular complexity index is 715. The third kappa shape index (κ3) is 3.35. The number of likely N-dealkylation sites (N-methyl/N-ethyl adjacent to an activating group) is 1. The minimum Gasteiger partial charge on any atom is -0.380 e. The van der Waals surface area contributed by atoms with Crippen LogP contribution < -0.4 is 5.32 Å². The molecule has 124 valence electrons. The monoisotopic (exact) mass is 320 g/mol. The van der Waals surface area contributed by atoms with E-state index in [9.17, 15) is 9.18 Å². The largest absolute Gasteiger partial charge is 0.380 e. The molecule has 7 heteroatoms. The van der Waals surface area contributed by atoms with Gasteiger partial charge in [0, 0.05) is 31.7 Å². The van der Waals surface area contributed by atoms with E-state index in [-0.39, 0.29) is 11.6 Å². The molecular formula is C16H21FN4O2. The highest BCUT2D eigenvalue weighted by molar-refractivity contribution is 5.93. The molecule has 1 amide bonds. The molecule has 1 saturated heterocycles. The van der Waals surface area contributed by atoms with Gasteiger partial charge >= 0.3 is 0 Å². The van der Waals surface area contributed by atoms with Crippen LogP contribution in [-0.2, 0) is 4.74 Å². The molecule has 0 aliphatic carbocycles. The summed E-state index contributed by atoms with van der Waals surface area (Å²) < 4.78 is 21.2. The fourth-order valence-corrected chi connectivity index (χ4v) is 2.82. The van der Waals surface area contributed by atoms with Crippen molar-refractivity contribution in [1.82, 2.24) is 19.6 Å². The lowest BCUT2D eigenvalue weighted by Crippen LogP contribution is -2.36. The predicted octanol–water partition coefficient (Wildman–Crippen LogP) is 1.09. The van der Waals surface area contributed by atoms with Crippen molar-refractivity contribution < 1.29 is 13.9 Å². The first-order valence-electron chi connectivity index (χ1n) is 7.74. The van der Waals surface area contributed by atoms with E-state index in [1.165, 1.54) is 4.40 Å². The molecule has 0 radical (unpaired) electrons. The van der Waals surface area contributed by atoms with Crippen LogP contribution in [0.1, 0.15) is 16.1 Å². The van der Waals surface area contributed by atoms with Crippen molar-refractivity contribution in [1.29, 1.82) is 0 Å². The van der Waals surface area contributed by atoms with E-state index < -0.39 is 11.9 Å². The van der Waals surface area contributed by atoms with Gasteiger partial charge in [-0.1, -0.05) is 6.07 Å². The number of hydrogen-bond acceptors (Lipinski definition) is 4. The molecule has 0 aromatic carbocycles. The lowest BCUT2D eigenvalue weighted by atomic mass is 10.1. The Morgan fingerprint density at radius 1 is 1.57 bits per heavy atom. The Kier molecular flexibility index (Phi) is 4.58. The third-order valence-electron chi connectivity index (χ3n) is 4.09. The molecule has 3 rings (SSSR count). The maximum atomic E-state index is 14.4. The van der Waals surface area contributed by atoms with Crippen molar-refractivity contribution in [2.45, 2.75) is 6.92 Å². The number of aromatic nitrogens is 2. The van der Waals surface area contributed by atoms with E-state index in [1.54, 1.807) is 12.3 Å². The minimum absolute atomic E-state index is 0.165. The summed E-state index contributed by atoms with van der Waals surface area (Å²) in [7, 11) is 2.02. The second kappa shape index (κ2) is 6.64. The number of halogens is 1. The van der Waals surface area contributed by atoms with E-state index in [0.29, 0.717) is 25.4 Å². The van der Waals surface area contributed by atoms with E-state index >= 15 is 0 Å². The first-order valence-corrected chi connectivity index (χ1v) is 7.74. The fourth-order valence-electron chi connectivity index (χ4n) is 2.82. The SMILES string of the molecule is Cc1cccn2c(F)c(C(=O)NC[C@H]3COCCN(C)C3)nc12. The number of pyridine rings is 1. The standard InChI is InChI=1S/C16H21FN4O2/c1-11-4-3-5-21-14(17)13(19-15(11)21)16(22)18-8-12-9-20(2)6-7-23-10-12/h3-5,12H,6-10H2,1-2H3,(H,18,22)/t12-/m1/s1. The summed E-state index contributed by atoms with van der Waals surface area (Å²) in [5.41, 5.74) is 1.12. The highest BCUT2D eigenvalue weighted by Crippen LogP contribution is 2.14. The lowest BCUT2D eigenvalue weighted by Gasteiger charge is -2.18. The number of carbonyl (C=O) groups is 1. The molecular weight excluding hydrogens is 299 g/mol. The Morgan fingerprint density at radius 3 is 3.17 bits per heavy atom. The lowest BCUT2D eigenvalue weighted by molar-refractivity contribution is 0.0913. The van der Waals surface area contributed by atoms with Crippen LogP contribution in [-0.4, -0.2) is 60.1 Å². The van der Waals surface area contributed by atoms with Crippen molar-refractivity contribution in [3.8, 4) is 0 Å². The molecule has 0 saturated carbocycles. The van der Waals surface area contributed by atoms with Crippen molar-refractivity contribution in [3.63, 3.8) is 0 Å². The van der Waals surface area contributed by atoms with Gasteiger partial charge in [0.2, 0.25) is 5.95 Å². The summed E-state index contributed by atoms with van der Waals surface area (Å²) >= 11 is 0. The highest BCUT2D eigenvalue weighted by Gasteiger charge is 2.22. The zero-order valence-corrected chi connectivity index (χ0v) is 13.4. The Hall–Kier alpha value is -1.99. The fraction of sp³-hybridized carbons (Fsp3) is 0.500. The number of nitrogens with zero attached hydrogens (tertiary/aromatic N) is 3. The number of nitrogens with one attached hydrogen (secondary N) is 1. The Labute approximate surface area is 134 Å². The highest BCUT2D eigenvalue weighted by atomic mass is 19.1. The van der Waals surface area contributed by atoms with Crippen LogP contribution in [0, 0.1) is 18.8 Å². The maximum absolute atomic E-state index is 14.4. The summed E-state index contributed by atoms with van der Waals surface area (Å²) in [4.78, 5) is 18.6. The van der Waals surface area contributed by atoms with Gasteiger partial charge in [-0.3, -0.25) is 9.20 Å². The molecule has 6 nitrogen and oxygen atoms in total. The normalized spacial score (nSPS) is 19.7. The van der Waals surface area contributed by atoms with E-state index in [1.807, 2.05) is 20.0 Å². The van der Waals surface area contributed by atoms with Gasteiger partial charge in [-0.15, -0.1) is 0 Å². The molecule has 1 aliphatic heterocycles. The number of rotatable bonds is 3. The van der Waals surface area contributed by atoms with E-state index in [0.717, 1.165) is 18.7 Å². The number of ether oxygens (including phenoxy) is 1. The van der Waals surface area contributed by atoms with E-state index in [4.69, 9.17) is 4.74 Å². The molecule has 0 unspecified atom stereocenters. The Balaban J connectivity index is 1.71. The second-order valence-corrected chi connectivity index (χ2v) is 6.05. The number of imidazole rings is 1. The number of fused-ring (bicyclic) bond motifs is 1. The van der Waals surface area contributed by atoms with Gasteiger partial charge in [-0.25, -0.2) is 4.98 Å². The molecule has 2 aromatic rings. The zero-order chi connectivity index (χ0) is 16.4. The molecule has 23 heavy (non-hydrogen) atoms.